The number of nitrogens with two attached hydrogens (primary N) is 1. The number of nitrogens with one attached hydrogen (secondary N) is 1. The van der Waals surface area contributed by atoms with Crippen LogP contribution in [0.25, 0.3) is 0 Å². The van der Waals surface area contributed by atoms with Crippen LogP contribution in [0.2, 0.25) is 0 Å². The number of hydrogen-bond acceptors (Lipinski definition) is 5. The summed E-state index contributed by atoms with van der Waals surface area (Å²) in [5.41, 5.74) is 1.13. The number of carbonyl (C=O) groups is 1. The number of amides is 1. The molecule has 2 aliphatic rings. The molecule has 3 rings (SSSR count). The lowest BCUT2D eigenvalue weighted by Crippen LogP contribution is -2.54. The molecule has 25 heavy (non-hydrogen) atoms. The smallest absolute Gasteiger partial charge is 0.225 e. The number of nitrogens with zero attached hydrogens (tertiary/aromatic N) is 2. The summed E-state index contributed by atoms with van der Waals surface area (Å²) in [6, 6.07) is 8.32. The van der Waals surface area contributed by atoms with Crippen LogP contribution in [0.5, 0.6) is 5.75 Å². The third kappa shape index (κ3) is 4.71. The molecule has 1 aromatic rings. The van der Waals surface area contributed by atoms with Crippen LogP contribution in [0.3, 0.4) is 0 Å². The van der Waals surface area contributed by atoms with E-state index in [1.807, 2.05) is 36.1 Å². The average Bonchev–Trinajstić information content (AvgIpc) is 2.69. The third-order valence-electron chi connectivity index (χ3n) is 5.47. The van der Waals surface area contributed by atoms with Gasteiger partial charge in [-0.05, 0) is 50.0 Å². The Hall–Kier alpha value is -1.63. The molecule has 0 radical (unpaired) electrons. The predicted molar refractivity (Wildman–Crippen MR) is 98.2 cm³/mol. The lowest BCUT2D eigenvalue weighted by Gasteiger charge is -2.41. The highest BCUT2D eigenvalue weighted by Gasteiger charge is 2.28. The Balaban J connectivity index is 1.47. The predicted octanol–water partition coefficient (Wildman–Crippen LogP) is 1.01. The summed E-state index contributed by atoms with van der Waals surface area (Å²) in [4.78, 5) is 22.1. The van der Waals surface area contributed by atoms with Crippen molar-refractivity contribution in [3.8, 4) is 5.75 Å². The van der Waals surface area contributed by atoms with Crippen molar-refractivity contribution in [3.05, 3.63) is 29.8 Å². The molecule has 6 heteroatoms. The molecule has 1 atom stereocenters. The first-order valence-corrected chi connectivity index (χ1v) is 9.36. The standard InChI is InChI=1S/C19H30N4O2/c1-15(14-16-2-4-18(25-20)5-3-16)19(24)23-12-10-22(11-13-23)17-6-8-21-9-7-17/h2-5,15,17,21H,6-14,20H2,1H3/t15-/m1/s1. The van der Waals surface area contributed by atoms with Crippen LogP contribution >= 0.6 is 0 Å². The molecular formula is C19H30N4O2. The first kappa shape index (κ1) is 18.2. The molecule has 0 aromatic heterocycles. The topological polar surface area (TPSA) is 70.8 Å². The Morgan fingerprint density at radius 1 is 1.20 bits per heavy atom. The molecular weight excluding hydrogens is 316 g/mol. The van der Waals surface area contributed by atoms with Crippen LogP contribution < -0.4 is 16.1 Å². The highest BCUT2D eigenvalue weighted by Crippen LogP contribution is 2.18. The highest BCUT2D eigenvalue weighted by molar-refractivity contribution is 5.79. The minimum atomic E-state index is -0.00456. The highest BCUT2D eigenvalue weighted by atomic mass is 16.6. The van der Waals surface area contributed by atoms with Gasteiger partial charge >= 0.3 is 0 Å². The van der Waals surface area contributed by atoms with Crippen LogP contribution in [0.15, 0.2) is 24.3 Å². The lowest BCUT2D eigenvalue weighted by atomic mass is 9.99. The van der Waals surface area contributed by atoms with Gasteiger partial charge in [-0.15, -0.1) is 0 Å². The maximum atomic E-state index is 12.8. The van der Waals surface area contributed by atoms with Gasteiger partial charge in [-0.3, -0.25) is 9.69 Å². The van der Waals surface area contributed by atoms with E-state index in [0.29, 0.717) is 11.8 Å². The number of hydrogen-bond donors (Lipinski definition) is 2. The Morgan fingerprint density at radius 2 is 1.84 bits per heavy atom. The van der Waals surface area contributed by atoms with E-state index < -0.39 is 0 Å². The zero-order valence-electron chi connectivity index (χ0n) is 15.1. The first-order chi connectivity index (χ1) is 12.2. The van der Waals surface area contributed by atoms with Crippen LogP contribution in [0, 0.1) is 5.92 Å². The molecule has 0 unspecified atom stereocenters. The quantitative estimate of drug-likeness (QED) is 0.779. The van der Waals surface area contributed by atoms with E-state index in [1.54, 1.807) is 0 Å². The van der Waals surface area contributed by atoms with E-state index >= 15 is 0 Å². The van der Waals surface area contributed by atoms with E-state index in [4.69, 9.17) is 10.7 Å². The monoisotopic (exact) mass is 346 g/mol. The molecule has 2 aliphatic heterocycles. The molecule has 6 nitrogen and oxygen atoms in total. The molecule has 1 amide bonds. The van der Waals surface area contributed by atoms with E-state index in [2.05, 4.69) is 10.2 Å². The van der Waals surface area contributed by atoms with Crippen LogP contribution in [0.1, 0.15) is 25.3 Å². The molecule has 1 aromatic carbocycles. The van der Waals surface area contributed by atoms with Gasteiger partial charge < -0.3 is 15.1 Å². The summed E-state index contributed by atoms with van der Waals surface area (Å²) in [7, 11) is 0. The summed E-state index contributed by atoms with van der Waals surface area (Å²) in [6.45, 7) is 7.98. The van der Waals surface area contributed by atoms with Crippen molar-refractivity contribution in [1.29, 1.82) is 0 Å². The van der Waals surface area contributed by atoms with Gasteiger partial charge in [0.25, 0.3) is 0 Å². The van der Waals surface area contributed by atoms with Gasteiger partial charge in [0.05, 0.1) is 0 Å². The van der Waals surface area contributed by atoms with E-state index in [0.717, 1.165) is 51.3 Å². The van der Waals surface area contributed by atoms with Gasteiger partial charge in [0.15, 0.2) is 0 Å². The van der Waals surface area contributed by atoms with E-state index in [9.17, 15) is 4.79 Å². The Morgan fingerprint density at radius 3 is 2.44 bits per heavy atom. The maximum Gasteiger partial charge on any atom is 0.225 e. The number of benzene rings is 1. The maximum absolute atomic E-state index is 12.8. The fourth-order valence-corrected chi connectivity index (χ4v) is 3.94. The average molecular weight is 346 g/mol. The minimum absolute atomic E-state index is 0.00456. The second-order valence-corrected chi connectivity index (χ2v) is 7.21. The van der Waals surface area contributed by atoms with Gasteiger partial charge in [0.1, 0.15) is 5.75 Å². The van der Waals surface area contributed by atoms with Gasteiger partial charge in [0.2, 0.25) is 5.91 Å². The normalized spacial score (nSPS) is 21.1. The van der Waals surface area contributed by atoms with Crippen LogP contribution in [-0.2, 0) is 11.2 Å². The van der Waals surface area contributed by atoms with Crippen molar-refractivity contribution in [2.45, 2.75) is 32.2 Å². The van der Waals surface area contributed by atoms with Crippen LogP contribution in [-0.4, -0.2) is 61.0 Å². The van der Waals surface area contributed by atoms with Crippen LogP contribution in [0.4, 0.5) is 0 Å². The van der Waals surface area contributed by atoms with Crippen molar-refractivity contribution >= 4 is 5.91 Å². The molecule has 0 spiro atoms. The summed E-state index contributed by atoms with van der Waals surface area (Å²) in [5.74, 6) is 6.04. The summed E-state index contributed by atoms with van der Waals surface area (Å²) in [6.07, 6.45) is 3.21. The minimum Gasteiger partial charge on any atom is -0.412 e. The second-order valence-electron chi connectivity index (χ2n) is 7.21. The van der Waals surface area contributed by atoms with E-state index in [1.165, 1.54) is 12.8 Å². The van der Waals surface area contributed by atoms with Crippen molar-refractivity contribution in [3.63, 3.8) is 0 Å². The number of piperidine rings is 1. The largest absolute Gasteiger partial charge is 0.412 e. The molecule has 3 N–H and O–H groups in total. The Labute approximate surface area is 150 Å². The van der Waals surface area contributed by atoms with Crippen molar-refractivity contribution in [1.82, 2.24) is 15.1 Å². The lowest BCUT2D eigenvalue weighted by molar-refractivity contribution is -0.137. The molecule has 0 bridgehead atoms. The fraction of sp³-hybridized carbons (Fsp3) is 0.632. The van der Waals surface area contributed by atoms with E-state index in [-0.39, 0.29) is 11.8 Å². The van der Waals surface area contributed by atoms with Gasteiger partial charge in [-0.2, -0.15) is 5.90 Å². The molecule has 0 saturated carbocycles. The molecule has 138 valence electrons. The zero-order valence-corrected chi connectivity index (χ0v) is 15.1. The summed E-state index contributed by atoms with van der Waals surface area (Å²) in [5, 5.41) is 3.42. The molecule has 2 heterocycles. The number of piperazine rings is 1. The molecule has 0 aliphatic carbocycles. The van der Waals surface area contributed by atoms with Crippen molar-refractivity contribution < 1.29 is 9.63 Å². The van der Waals surface area contributed by atoms with Gasteiger partial charge in [-0.25, -0.2) is 0 Å². The second kappa shape index (κ2) is 8.65. The van der Waals surface area contributed by atoms with Gasteiger partial charge in [0, 0.05) is 38.1 Å². The Kier molecular flexibility index (Phi) is 6.29. The fourth-order valence-electron chi connectivity index (χ4n) is 3.94. The number of carbonyl (C=O) groups excluding carboxylic acids is 1. The Bertz CT molecular complexity index is 549. The zero-order chi connectivity index (χ0) is 17.6. The summed E-state index contributed by atoms with van der Waals surface area (Å²) < 4.78 is 0. The molecule has 2 saturated heterocycles. The van der Waals surface area contributed by atoms with Crippen molar-refractivity contribution in [2.24, 2.45) is 11.8 Å². The SMILES string of the molecule is C[C@H](Cc1ccc(ON)cc1)C(=O)N1CCN(C2CCNCC2)CC1. The van der Waals surface area contributed by atoms with Gasteiger partial charge in [-0.1, -0.05) is 19.1 Å². The first-order valence-electron chi connectivity index (χ1n) is 9.36. The molecule has 2 fully saturated rings. The summed E-state index contributed by atoms with van der Waals surface area (Å²) >= 11 is 0. The third-order valence-corrected chi connectivity index (χ3v) is 5.47. The number of rotatable bonds is 5. The van der Waals surface area contributed by atoms with Crippen molar-refractivity contribution in [2.75, 3.05) is 39.3 Å².